The van der Waals surface area contributed by atoms with Gasteiger partial charge in [-0.1, -0.05) is 68.9 Å². The first-order chi connectivity index (χ1) is 21.0. The smallest absolute Gasteiger partial charge is 0.271 e. The highest BCUT2D eigenvalue weighted by Gasteiger charge is 2.13. The lowest BCUT2D eigenvalue weighted by Gasteiger charge is -2.14. The summed E-state index contributed by atoms with van der Waals surface area (Å²) in [7, 11) is 0. The standard InChI is InChI=1S/C34H39BrN4O3S/c1-4-6-7-8-9-10-19-42-32-29(35)20-25(21-31(32)41-5-2)22-36-39-33(40)27-15-13-26(14-16-27)30-23-43-34(38-30)37-28-17-11-24(3)12-18-28/h11-18,20-23H,4-10,19H2,1-3H3,(H,37,38)(H,39,40)/b36-22+. The molecule has 2 N–H and O–H groups in total. The Morgan fingerprint density at radius 3 is 2.47 bits per heavy atom. The Kier molecular flexibility index (Phi) is 12.6. The highest BCUT2D eigenvalue weighted by Crippen LogP contribution is 2.37. The zero-order valence-corrected chi connectivity index (χ0v) is 27.4. The van der Waals surface area contributed by atoms with Gasteiger partial charge in [0, 0.05) is 22.2 Å². The van der Waals surface area contributed by atoms with Crippen LogP contribution in [0.3, 0.4) is 0 Å². The van der Waals surface area contributed by atoms with Crippen LogP contribution in [0, 0.1) is 6.92 Å². The SMILES string of the molecule is CCCCCCCCOc1c(Br)cc(/C=N/NC(=O)c2ccc(-c3csc(Nc4ccc(C)cc4)n3)cc2)cc1OCC. The van der Waals surface area contributed by atoms with Gasteiger partial charge < -0.3 is 14.8 Å². The Morgan fingerprint density at radius 1 is 0.977 bits per heavy atom. The number of nitrogens with one attached hydrogen (secondary N) is 2. The molecule has 0 bridgehead atoms. The second-order valence-electron chi connectivity index (χ2n) is 10.2. The fourth-order valence-electron chi connectivity index (χ4n) is 4.37. The maximum Gasteiger partial charge on any atom is 0.271 e. The van der Waals surface area contributed by atoms with Gasteiger partial charge in [-0.15, -0.1) is 11.3 Å². The maximum absolute atomic E-state index is 12.7. The number of benzene rings is 3. The lowest BCUT2D eigenvalue weighted by Crippen LogP contribution is -2.17. The van der Waals surface area contributed by atoms with Crippen molar-refractivity contribution < 1.29 is 14.3 Å². The Bertz CT molecular complexity index is 1490. The molecule has 0 aliphatic heterocycles. The van der Waals surface area contributed by atoms with Crippen molar-refractivity contribution in [3.05, 3.63) is 87.2 Å². The third-order valence-corrected chi connectivity index (χ3v) is 8.05. The molecule has 0 unspecified atom stereocenters. The maximum atomic E-state index is 12.7. The normalized spacial score (nSPS) is 11.1. The number of halogens is 1. The van der Waals surface area contributed by atoms with E-state index in [-0.39, 0.29) is 5.91 Å². The molecule has 3 aromatic carbocycles. The minimum Gasteiger partial charge on any atom is -0.490 e. The Hall–Kier alpha value is -3.69. The van der Waals surface area contributed by atoms with Crippen LogP contribution >= 0.6 is 27.3 Å². The molecular formula is C34H39BrN4O3S. The number of carbonyl (C=O) groups excluding carboxylic acids is 1. The summed E-state index contributed by atoms with van der Waals surface area (Å²) in [4.78, 5) is 17.4. The van der Waals surface area contributed by atoms with E-state index in [4.69, 9.17) is 9.47 Å². The van der Waals surface area contributed by atoms with Gasteiger partial charge in [0.25, 0.3) is 5.91 Å². The fourth-order valence-corrected chi connectivity index (χ4v) is 5.68. The van der Waals surface area contributed by atoms with E-state index in [0.717, 1.165) is 45.0 Å². The summed E-state index contributed by atoms with van der Waals surface area (Å²) in [5, 5.41) is 10.3. The quantitative estimate of drug-likeness (QED) is 0.0709. The third kappa shape index (κ3) is 9.93. The molecule has 0 aliphatic carbocycles. The number of rotatable bonds is 16. The molecule has 0 saturated heterocycles. The number of unbranched alkanes of at least 4 members (excludes halogenated alkanes) is 5. The average molecular weight is 664 g/mol. The van der Waals surface area contributed by atoms with Gasteiger partial charge in [0.05, 0.1) is 29.6 Å². The van der Waals surface area contributed by atoms with E-state index in [2.05, 4.69) is 62.7 Å². The van der Waals surface area contributed by atoms with Crippen LogP contribution in [-0.4, -0.2) is 30.3 Å². The number of aryl methyl sites for hydroxylation is 1. The van der Waals surface area contributed by atoms with Crippen LogP contribution in [0.5, 0.6) is 11.5 Å². The van der Waals surface area contributed by atoms with Crippen LogP contribution in [0.25, 0.3) is 11.3 Å². The number of amides is 1. The van der Waals surface area contributed by atoms with Crippen LogP contribution in [-0.2, 0) is 0 Å². The number of thiazole rings is 1. The molecule has 0 saturated carbocycles. The Morgan fingerprint density at radius 2 is 1.72 bits per heavy atom. The predicted octanol–water partition coefficient (Wildman–Crippen LogP) is 9.53. The molecule has 1 heterocycles. The van der Waals surface area contributed by atoms with Crippen molar-refractivity contribution in [3.63, 3.8) is 0 Å². The molecule has 7 nitrogen and oxygen atoms in total. The highest BCUT2D eigenvalue weighted by molar-refractivity contribution is 9.10. The number of hydrogen-bond donors (Lipinski definition) is 2. The van der Waals surface area contributed by atoms with Crippen LogP contribution in [0.1, 0.15) is 73.9 Å². The van der Waals surface area contributed by atoms with E-state index in [9.17, 15) is 4.79 Å². The van der Waals surface area contributed by atoms with Gasteiger partial charge in [0.2, 0.25) is 0 Å². The first-order valence-electron chi connectivity index (χ1n) is 14.8. The minimum atomic E-state index is -0.300. The van der Waals surface area contributed by atoms with Crippen molar-refractivity contribution >= 4 is 50.2 Å². The fraction of sp³-hybridized carbons (Fsp3) is 0.324. The predicted molar refractivity (Wildman–Crippen MR) is 181 cm³/mol. The van der Waals surface area contributed by atoms with Gasteiger partial charge in [-0.25, -0.2) is 10.4 Å². The van der Waals surface area contributed by atoms with Crippen molar-refractivity contribution in [2.24, 2.45) is 5.10 Å². The number of anilines is 2. The van der Waals surface area contributed by atoms with E-state index < -0.39 is 0 Å². The van der Waals surface area contributed by atoms with E-state index in [1.165, 1.54) is 42.6 Å². The number of carbonyl (C=O) groups is 1. The molecule has 0 atom stereocenters. The Balaban J connectivity index is 1.31. The summed E-state index contributed by atoms with van der Waals surface area (Å²) in [5.41, 5.74) is 7.87. The lowest BCUT2D eigenvalue weighted by molar-refractivity contribution is 0.0955. The largest absolute Gasteiger partial charge is 0.490 e. The molecule has 0 aliphatic rings. The van der Waals surface area contributed by atoms with Crippen molar-refractivity contribution in [1.82, 2.24) is 10.4 Å². The van der Waals surface area contributed by atoms with Crippen LogP contribution < -0.4 is 20.2 Å². The summed E-state index contributed by atoms with van der Waals surface area (Å²) in [6.45, 7) is 7.38. The van der Waals surface area contributed by atoms with Crippen molar-refractivity contribution in [2.45, 2.75) is 59.3 Å². The third-order valence-electron chi connectivity index (χ3n) is 6.71. The highest BCUT2D eigenvalue weighted by atomic mass is 79.9. The van der Waals surface area contributed by atoms with E-state index in [1.807, 2.05) is 48.7 Å². The molecule has 0 radical (unpaired) electrons. The lowest BCUT2D eigenvalue weighted by atomic mass is 10.1. The van der Waals surface area contributed by atoms with Gasteiger partial charge in [-0.05, 0) is 78.2 Å². The zero-order valence-electron chi connectivity index (χ0n) is 25.0. The number of ether oxygens (including phenoxy) is 2. The summed E-state index contributed by atoms with van der Waals surface area (Å²) in [6.07, 6.45) is 8.81. The van der Waals surface area contributed by atoms with Gasteiger partial charge >= 0.3 is 0 Å². The van der Waals surface area contributed by atoms with Crippen molar-refractivity contribution in [2.75, 3.05) is 18.5 Å². The van der Waals surface area contributed by atoms with Crippen LogP contribution in [0.15, 0.2) is 75.6 Å². The topological polar surface area (TPSA) is 84.8 Å². The molecule has 0 fully saturated rings. The molecule has 226 valence electrons. The second-order valence-corrected chi connectivity index (χ2v) is 11.9. The summed E-state index contributed by atoms with van der Waals surface area (Å²) < 4.78 is 12.7. The molecular weight excluding hydrogens is 624 g/mol. The number of nitrogens with zero attached hydrogens (tertiary/aromatic N) is 2. The first-order valence-corrected chi connectivity index (χ1v) is 16.5. The number of hydrazone groups is 1. The van der Waals surface area contributed by atoms with Crippen LogP contribution in [0.2, 0.25) is 0 Å². The zero-order chi connectivity index (χ0) is 30.4. The molecule has 0 spiro atoms. The van der Waals surface area contributed by atoms with Crippen molar-refractivity contribution in [1.29, 1.82) is 0 Å². The molecule has 1 amide bonds. The average Bonchev–Trinajstić information content (AvgIpc) is 3.47. The van der Waals surface area contributed by atoms with E-state index >= 15 is 0 Å². The van der Waals surface area contributed by atoms with Gasteiger partial charge in [0.15, 0.2) is 16.6 Å². The monoisotopic (exact) mass is 662 g/mol. The van der Waals surface area contributed by atoms with E-state index in [0.29, 0.717) is 30.3 Å². The Labute approximate surface area is 266 Å². The van der Waals surface area contributed by atoms with E-state index in [1.54, 1.807) is 18.3 Å². The number of aromatic nitrogens is 1. The number of hydrogen-bond acceptors (Lipinski definition) is 7. The second kappa shape index (κ2) is 16.8. The molecule has 4 rings (SSSR count). The first kappa shape index (κ1) is 32.2. The minimum absolute atomic E-state index is 0.300. The van der Waals surface area contributed by atoms with Gasteiger partial charge in [-0.3, -0.25) is 4.79 Å². The summed E-state index contributed by atoms with van der Waals surface area (Å²) >= 11 is 5.15. The van der Waals surface area contributed by atoms with Crippen LogP contribution in [0.4, 0.5) is 10.8 Å². The van der Waals surface area contributed by atoms with Gasteiger partial charge in [-0.2, -0.15) is 5.10 Å². The molecule has 1 aromatic heterocycles. The summed E-state index contributed by atoms with van der Waals surface area (Å²) in [6, 6.07) is 19.3. The van der Waals surface area contributed by atoms with Gasteiger partial charge in [0.1, 0.15) is 0 Å². The molecule has 43 heavy (non-hydrogen) atoms. The molecule has 9 heteroatoms. The van der Waals surface area contributed by atoms with Crippen molar-refractivity contribution in [3.8, 4) is 22.8 Å². The molecule has 4 aromatic rings. The summed E-state index contributed by atoms with van der Waals surface area (Å²) in [5.74, 6) is 1.03.